The molecule has 6 heteroatoms. The van der Waals surface area contributed by atoms with Gasteiger partial charge < -0.3 is 5.32 Å². The van der Waals surface area contributed by atoms with Gasteiger partial charge in [-0.05, 0) is 61.7 Å². The van der Waals surface area contributed by atoms with Gasteiger partial charge in [0.05, 0.1) is 16.4 Å². The fraction of sp³-hybridized carbons (Fsp3) is 0.211. The lowest BCUT2D eigenvalue weighted by atomic mass is 10.0. The molecule has 0 fully saturated rings. The molecule has 0 saturated carbocycles. The van der Waals surface area contributed by atoms with Gasteiger partial charge in [-0.15, -0.1) is 0 Å². The zero-order chi connectivity index (χ0) is 17.4. The Morgan fingerprint density at radius 2 is 1.84 bits per heavy atom. The highest BCUT2D eigenvalue weighted by molar-refractivity contribution is 6.34. The molecule has 0 bridgehead atoms. The predicted octanol–water partition coefficient (Wildman–Crippen LogP) is 5.73. The summed E-state index contributed by atoms with van der Waals surface area (Å²) in [5, 5.41) is 9.43. The fourth-order valence-electron chi connectivity index (χ4n) is 3.16. The Labute approximate surface area is 155 Å². The number of benzene rings is 2. The summed E-state index contributed by atoms with van der Waals surface area (Å²) in [6, 6.07) is 11.7. The van der Waals surface area contributed by atoms with Crippen LogP contribution in [-0.2, 0) is 6.42 Å². The van der Waals surface area contributed by atoms with Gasteiger partial charge in [0.25, 0.3) is 0 Å². The van der Waals surface area contributed by atoms with Crippen LogP contribution in [0, 0.1) is 5.82 Å². The topological polar surface area (TPSA) is 29.9 Å². The summed E-state index contributed by atoms with van der Waals surface area (Å²) in [5.74, 6) is 0.672. The molecule has 2 aromatic carbocycles. The number of aromatic nitrogens is 2. The van der Waals surface area contributed by atoms with Crippen molar-refractivity contribution in [3.63, 3.8) is 0 Å². The summed E-state index contributed by atoms with van der Waals surface area (Å²) in [6.45, 7) is 0.875. The van der Waals surface area contributed by atoms with E-state index in [9.17, 15) is 4.39 Å². The molecule has 0 spiro atoms. The largest absolute Gasteiger partial charge is 0.370 e. The maximum absolute atomic E-state index is 13.3. The van der Waals surface area contributed by atoms with Gasteiger partial charge in [0.1, 0.15) is 11.6 Å². The second-order valence-corrected chi connectivity index (χ2v) is 6.92. The van der Waals surface area contributed by atoms with Crippen molar-refractivity contribution in [2.45, 2.75) is 19.3 Å². The predicted molar refractivity (Wildman–Crippen MR) is 100 cm³/mol. The normalized spacial score (nSPS) is 13.9. The Hall–Kier alpha value is -2.04. The number of fused-ring (bicyclic) bond motifs is 1. The summed E-state index contributed by atoms with van der Waals surface area (Å²) in [7, 11) is 0. The molecular formula is C19H16Cl2FN3. The molecule has 2 heterocycles. The third-order valence-corrected chi connectivity index (χ3v) is 4.94. The number of nitrogens with one attached hydrogen (secondary N) is 1. The molecule has 4 rings (SSSR count). The van der Waals surface area contributed by atoms with Crippen molar-refractivity contribution in [1.82, 2.24) is 9.78 Å². The minimum atomic E-state index is -0.259. The molecule has 0 aliphatic carbocycles. The van der Waals surface area contributed by atoms with Crippen molar-refractivity contribution in [3.05, 3.63) is 63.9 Å². The number of anilines is 1. The van der Waals surface area contributed by atoms with Gasteiger partial charge in [-0.2, -0.15) is 5.10 Å². The van der Waals surface area contributed by atoms with Crippen molar-refractivity contribution >= 4 is 29.0 Å². The SMILES string of the molecule is Fc1ccc(-c2nn(-c3cc(Cl)ccc3Cl)c3c2CCCCN3)cc1. The van der Waals surface area contributed by atoms with Crippen LogP contribution in [0.2, 0.25) is 10.0 Å². The van der Waals surface area contributed by atoms with Crippen LogP contribution in [0.15, 0.2) is 42.5 Å². The van der Waals surface area contributed by atoms with Crippen molar-refractivity contribution in [1.29, 1.82) is 0 Å². The number of hydrogen-bond donors (Lipinski definition) is 1. The lowest BCUT2D eigenvalue weighted by Crippen LogP contribution is -2.07. The van der Waals surface area contributed by atoms with Crippen molar-refractivity contribution < 1.29 is 4.39 Å². The van der Waals surface area contributed by atoms with E-state index < -0.39 is 0 Å². The molecule has 0 radical (unpaired) electrons. The molecule has 0 unspecified atom stereocenters. The minimum absolute atomic E-state index is 0.259. The molecule has 25 heavy (non-hydrogen) atoms. The summed E-state index contributed by atoms with van der Waals surface area (Å²) in [4.78, 5) is 0. The number of hydrogen-bond acceptors (Lipinski definition) is 2. The quantitative estimate of drug-likeness (QED) is 0.619. The highest BCUT2D eigenvalue weighted by Gasteiger charge is 2.22. The monoisotopic (exact) mass is 375 g/mol. The molecule has 1 aliphatic rings. The highest BCUT2D eigenvalue weighted by atomic mass is 35.5. The highest BCUT2D eigenvalue weighted by Crippen LogP contribution is 2.36. The van der Waals surface area contributed by atoms with E-state index in [-0.39, 0.29) is 5.82 Å². The maximum atomic E-state index is 13.3. The van der Waals surface area contributed by atoms with Gasteiger partial charge in [0.15, 0.2) is 0 Å². The zero-order valence-electron chi connectivity index (χ0n) is 13.4. The maximum Gasteiger partial charge on any atom is 0.133 e. The fourth-order valence-corrected chi connectivity index (χ4v) is 3.53. The van der Waals surface area contributed by atoms with Crippen LogP contribution in [0.4, 0.5) is 10.2 Å². The third-order valence-electron chi connectivity index (χ3n) is 4.38. The summed E-state index contributed by atoms with van der Waals surface area (Å²) in [5.41, 5.74) is 3.59. The Balaban J connectivity index is 1.93. The van der Waals surface area contributed by atoms with Crippen LogP contribution in [0.1, 0.15) is 18.4 Å². The average molecular weight is 376 g/mol. The van der Waals surface area contributed by atoms with E-state index in [2.05, 4.69) is 5.32 Å². The summed E-state index contributed by atoms with van der Waals surface area (Å²) >= 11 is 12.6. The lowest BCUT2D eigenvalue weighted by molar-refractivity contribution is 0.628. The molecule has 1 aliphatic heterocycles. The van der Waals surface area contributed by atoms with Crippen LogP contribution in [0.25, 0.3) is 16.9 Å². The average Bonchev–Trinajstić information content (AvgIpc) is 2.79. The first kappa shape index (κ1) is 16.4. The Kier molecular flexibility index (Phi) is 4.40. The first-order valence-corrected chi connectivity index (χ1v) is 8.96. The van der Waals surface area contributed by atoms with Crippen LogP contribution in [-0.4, -0.2) is 16.3 Å². The van der Waals surface area contributed by atoms with Gasteiger partial charge in [-0.3, -0.25) is 0 Å². The van der Waals surface area contributed by atoms with E-state index in [0.717, 1.165) is 54.1 Å². The number of rotatable bonds is 2. The minimum Gasteiger partial charge on any atom is -0.370 e. The number of halogens is 3. The van der Waals surface area contributed by atoms with Crippen molar-refractivity contribution in [3.8, 4) is 16.9 Å². The molecule has 1 aromatic heterocycles. The third kappa shape index (κ3) is 3.12. The van der Waals surface area contributed by atoms with Crippen LogP contribution >= 0.6 is 23.2 Å². The molecule has 0 amide bonds. The standard InChI is InChI=1S/C19H16Cl2FN3/c20-13-6-9-16(21)17(11-13)25-19-15(3-1-2-10-23-19)18(24-25)12-4-7-14(22)8-5-12/h4-9,11,23H,1-3,10H2. The van der Waals surface area contributed by atoms with Crippen LogP contribution in [0.5, 0.6) is 0 Å². The first-order chi connectivity index (χ1) is 12.1. The van der Waals surface area contributed by atoms with Gasteiger partial charge in [0.2, 0.25) is 0 Å². The Bertz CT molecular complexity index is 919. The smallest absolute Gasteiger partial charge is 0.133 e. The Morgan fingerprint density at radius 3 is 2.64 bits per heavy atom. The molecule has 1 N–H and O–H groups in total. The zero-order valence-corrected chi connectivity index (χ0v) is 14.9. The molecule has 3 aromatic rings. The van der Waals surface area contributed by atoms with E-state index in [1.165, 1.54) is 12.1 Å². The Morgan fingerprint density at radius 1 is 1.04 bits per heavy atom. The summed E-state index contributed by atoms with van der Waals surface area (Å²) < 4.78 is 15.1. The van der Waals surface area contributed by atoms with Gasteiger partial charge in [-0.1, -0.05) is 23.2 Å². The molecule has 128 valence electrons. The molecule has 0 atom stereocenters. The second kappa shape index (κ2) is 6.70. The second-order valence-electron chi connectivity index (χ2n) is 6.07. The lowest BCUT2D eigenvalue weighted by Gasteiger charge is -2.11. The van der Waals surface area contributed by atoms with Gasteiger partial charge >= 0.3 is 0 Å². The van der Waals surface area contributed by atoms with E-state index in [1.807, 2.05) is 4.68 Å². The molecule has 0 saturated heterocycles. The van der Waals surface area contributed by atoms with Crippen molar-refractivity contribution in [2.24, 2.45) is 0 Å². The summed E-state index contributed by atoms with van der Waals surface area (Å²) in [6.07, 6.45) is 3.07. The first-order valence-electron chi connectivity index (χ1n) is 8.20. The van der Waals surface area contributed by atoms with Crippen LogP contribution < -0.4 is 5.32 Å². The van der Waals surface area contributed by atoms with E-state index in [1.54, 1.807) is 30.3 Å². The number of nitrogens with zero attached hydrogens (tertiary/aromatic N) is 2. The van der Waals surface area contributed by atoms with E-state index in [0.29, 0.717) is 10.0 Å². The van der Waals surface area contributed by atoms with Crippen molar-refractivity contribution in [2.75, 3.05) is 11.9 Å². The van der Waals surface area contributed by atoms with Crippen LogP contribution in [0.3, 0.4) is 0 Å². The van der Waals surface area contributed by atoms with E-state index >= 15 is 0 Å². The molecular weight excluding hydrogens is 360 g/mol. The van der Waals surface area contributed by atoms with Gasteiger partial charge in [0, 0.05) is 22.7 Å². The molecule has 3 nitrogen and oxygen atoms in total. The van der Waals surface area contributed by atoms with E-state index in [4.69, 9.17) is 28.3 Å². The van der Waals surface area contributed by atoms with Gasteiger partial charge in [-0.25, -0.2) is 9.07 Å².